The van der Waals surface area contributed by atoms with Gasteiger partial charge in [-0.2, -0.15) is 0 Å². The quantitative estimate of drug-likeness (QED) is 0.765. The van der Waals surface area contributed by atoms with Gasteiger partial charge in [0, 0.05) is 18.1 Å². The zero-order valence-electron chi connectivity index (χ0n) is 13.9. The lowest BCUT2D eigenvalue weighted by atomic mass is 10.1. The van der Waals surface area contributed by atoms with Gasteiger partial charge in [0.2, 0.25) is 0 Å². The molecule has 0 saturated heterocycles. The number of aromatic nitrogens is 2. The number of carbonyl (C=O) groups is 1. The third-order valence-corrected chi connectivity index (χ3v) is 4.23. The van der Waals surface area contributed by atoms with Crippen molar-refractivity contribution in [2.75, 3.05) is 0 Å². The highest BCUT2D eigenvalue weighted by Gasteiger charge is 2.17. The van der Waals surface area contributed by atoms with Crippen molar-refractivity contribution in [2.24, 2.45) is 0 Å². The van der Waals surface area contributed by atoms with Gasteiger partial charge in [0.1, 0.15) is 11.4 Å². The Morgan fingerprint density at radius 1 is 1.23 bits per heavy atom. The molecule has 0 bridgehead atoms. The van der Waals surface area contributed by atoms with Crippen molar-refractivity contribution in [3.63, 3.8) is 0 Å². The highest BCUT2D eigenvalue weighted by Crippen LogP contribution is 2.13. The molecule has 26 heavy (non-hydrogen) atoms. The van der Waals surface area contributed by atoms with E-state index in [2.05, 4.69) is 10.3 Å². The monoisotopic (exact) mass is 371 g/mol. The minimum atomic E-state index is -0.523. The molecule has 3 aromatic rings. The van der Waals surface area contributed by atoms with Crippen LogP contribution in [-0.4, -0.2) is 15.5 Å². The maximum Gasteiger partial charge on any atom is 0.268 e. The largest absolute Gasteiger partial charge is 0.346 e. The Morgan fingerprint density at radius 2 is 1.96 bits per heavy atom. The van der Waals surface area contributed by atoms with Crippen LogP contribution < -0.4 is 10.9 Å². The van der Waals surface area contributed by atoms with Gasteiger partial charge in [0.05, 0.1) is 17.3 Å². The van der Waals surface area contributed by atoms with E-state index >= 15 is 0 Å². The number of nitrogens with zero attached hydrogens (tertiary/aromatic N) is 2. The summed E-state index contributed by atoms with van der Waals surface area (Å²) in [6.07, 6.45) is 3.12. The Labute approximate surface area is 154 Å². The maximum atomic E-state index is 13.1. The van der Waals surface area contributed by atoms with Crippen molar-refractivity contribution in [2.45, 2.75) is 13.5 Å². The fraction of sp³-hybridized carbons (Fsp3) is 0.105. The molecular formula is C19H15ClFN3O2. The summed E-state index contributed by atoms with van der Waals surface area (Å²) in [6, 6.07) is 10.5. The summed E-state index contributed by atoms with van der Waals surface area (Å²) >= 11 is 6.02. The zero-order valence-corrected chi connectivity index (χ0v) is 14.6. The van der Waals surface area contributed by atoms with Gasteiger partial charge >= 0.3 is 0 Å². The molecule has 132 valence electrons. The predicted octanol–water partition coefficient (Wildman–Crippen LogP) is 3.26. The number of benzene rings is 1. The van der Waals surface area contributed by atoms with E-state index in [1.807, 2.05) is 0 Å². The molecule has 5 nitrogen and oxygen atoms in total. The van der Waals surface area contributed by atoms with E-state index in [0.29, 0.717) is 22.0 Å². The maximum absolute atomic E-state index is 13.1. The Kier molecular flexibility index (Phi) is 5.14. The number of amides is 1. The van der Waals surface area contributed by atoms with Crippen LogP contribution in [0.1, 0.15) is 21.6 Å². The molecule has 0 aliphatic carbocycles. The normalized spacial score (nSPS) is 10.6. The standard InChI is InChI=1S/C19H15ClFN3O2/c1-12-8-10-24(14-6-4-13(21)5-7-14)19(26)17(12)18(25)23-11-16-15(20)3-2-9-22-16/h2-10H,11H2,1H3,(H,23,25). The average Bonchev–Trinajstić information content (AvgIpc) is 2.62. The first kappa shape index (κ1) is 17.8. The van der Waals surface area contributed by atoms with Crippen molar-refractivity contribution in [3.8, 4) is 5.69 Å². The summed E-state index contributed by atoms with van der Waals surface area (Å²) in [7, 11) is 0. The van der Waals surface area contributed by atoms with Crippen LogP contribution in [0.15, 0.2) is 59.7 Å². The van der Waals surface area contributed by atoms with Gasteiger partial charge in [0.15, 0.2) is 0 Å². The molecule has 2 aromatic heterocycles. The molecule has 0 radical (unpaired) electrons. The number of hydrogen-bond acceptors (Lipinski definition) is 3. The number of nitrogens with one attached hydrogen (secondary N) is 1. The topological polar surface area (TPSA) is 64.0 Å². The fourth-order valence-corrected chi connectivity index (χ4v) is 2.70. The first-order chi connectivity index (χ1) is 12.5. The molecule has 3 rings (SSSR count). The number of rotatable bonds is 4. The number of carbonyl (C=O) groups excluding carboxylic acids is 1. The zero-order chi connectivity index (χ0) is 18.7. The molecule has 7 heteroatoms. The molecule has 0 saturated carbocycles. The first-order valence-corrected chi connectivity index (χ1v) is 8.21. The lowest BCUT2D eigenvalue weighted by Gasteiger charge is -2.11. The molecule has 0 fully saturated rings. The Hall–Kier alpha value is -2.99. The number of pyridine rings is 2. The number of aryl methyl sites for hydroxylation is 1. The van der Waals surface area contributed by atoms with Crippen LogP contribution in [0.3, 0.4) is 0 Å². The van der Waals surface area contributed by atoms with Gasteiger partial charge in [-0.3, -0.25) is 19.1 Å². The summed E-state index contributed by atoms with van der Waals surface area (Å²) in [5.41, 5.74) is 1.05. The summed E-state index contributed by atoms with van der Waals surface area (Å²) < 4.78 is 14.4. The lowest BCUT2D eigenvalue weighted by Crippen LogP contribution is -2.33. The van der Waals surface area contributed by atoms with E-state index in [1.54, 1.807) is 37.5 Å². The van der Waals surface area contributed by atoms with Crippen LogP contribution in [0, 0.1) is 12.7 Å². The summed E-state index contributed by atoms with van der Waals surface area (Å²) in [6.45, 7) is 1.78. The Balaban J connectivity index is 1.90. The van der Waals surface area contributed by atoms with Crippen molar-refractivity contribution >= 4 is 17.5 Å². The Morgan fingerprint density at radius 3 is 2.65 bits per heavy atom. The van der Waals surface area contributed by atoms with Crippen molar-refractivity contribution in [3.05, 3.63) is 92.9 Å². The summed E-state index contributed by atoms with van der Waals surface area (Å²) in [4.78, 5) is 29.4. The molecule has 0 unspecified atom stereocenters. The van der Waals surface area contributed by atoms with Crippen LogP contribution in [0.5, 0.6) is 0 Å². The van der Waals surface area contributed by atoms with Crippen LogP contribution in [-0.2, 0) is 6.54 Å². The van der Waals surface area contributed by atoms with Gasteiger partial charge in [0.25, 0.3) is 11.5 Å². The van der Waals surface area contributed by atoms with Crippen molar-refractivity contribution in [1.82, 2.24) is 14.9 Å². The van der Waals surface area contributed by atoms with E-state index in [4.69, 9.17) is 11.6 Å². The molecule has 1 amide bonds. The Bertz CT molecular complexity index is 1020. The van der Waals surface area contributed by atoms with Crippen molar-refractivity contribution in [1.29, 1.82) is 0 Å². The third kappa shape index (κ3) is 3.65. The van der Waals surface area contributed by atoms with Crippen LogP contribution >= 0.6 is 11.6 Å². The number of halogens is 2. The fourth-order valence-electron chi connectivity index (χ4n) is 2.51. The molecule has 1 N–H and O–H groups in total. The van der Waals surface area contributed by atoms with E-state index in [9.17, 15) is 14.0 Å². The van der Waals surface area contributed by atoms with Crippen LogP contribution in [0.4, 0.5) is 4.39 Å². The van der Waals surface area contributed by atoms with Gasteiger partial charge in [-0.15, -0.1) is 0 Å². The molecule has 0 aliphatic rings. The predicted molar refractivity (Wildman–Crippen MR) is 97.2 cm³/mol. The third-order valence-electron chi connectivity index (χ3n) is 3.88. The average molecular weight is 372 g/mol. The molecule has 0 atom stereocenters. The summed E-state index contributed by atoms with van der Waals surface area (Å²) in [5, 5.41) is 3.10. The highest BCUT2D eigenvalue weighted by atomic mass is 35.5. The minimum absolute atomic E-state index is 0.0175. The second kappa shape index (κ2) is 7.49. The van der Waals surface area contributed by atoms with Gasteiger partial charge < -0.3 is 5.32 Å². The molecule has 2 heterocycles. The molecule has 0 aliphatic heterocycles. The van der Waals surface area contributed by atoms with Crippen LogP contribution in [0.25, 0.3) is 5.69 Å². The first-order valence-electron chi connectivity index (χ1n) is 7.83. The minimum Gasteiger partial charge on any atom is -0.346 e. The molecular weight excluding hydrogens is 357 g/mol. The highest BCUT2D eigenvalue weighted by molar-refractivity contribution is 6.31. The smallest absolute Gasteiger partial charge is 0.268 e. The second-order valence-corrected chi connectivity index (χ2v) is 6.05. The summed E-state index contributed by atoms with van der Waals surface area (Å²) in [5.74, 6) is -0.926. The van der Waals surface area contributed by atoms with E-state index in [0.717, 1.165) is 0 Å². The lowest BCUT2D eigenvalue weighted by molar-refractivity contribution is 0.0948. The van der Waals surface area contributed by atoms with Crippen molar-refractivity contribution < 1.29 is 9.18 Å². The number of hydrogen-bond donors (Lipinski definition) is 1. The van der Waals surface area contributed by atoms with E-state index in [-0.39, 0.29) is 12.1 Å². The van der Waals surface area contributed by atoms with Gasteiger partial charge in [-0.25, -0.2) is 4.39 Å². The molecule has 0 spiro atoms. The molecule has 1 aromatic carbocycles. The van der Waals surface area contributed by atoms with E-state index < -0.39 is 17.3 Å². The van der Waals surface area contributed by atoms with E-state index in [1.165, 1.54) is 28.8 Å². The van der Waals surface area contributed by atoms with Gasteiger partial charge in [-0.05, 0) is 55.0 Å². The van der Waals surface area contributed by atoms with Gasteiger partial charge in [-0.1, -0.05) is 11.6 Å². The SMILES string of the molecule is Cc1ccn(-c2ccc(F)cc2)c(=O)c1C(=O)NCc1ncccc1Cl. The van der Waals surface area contributed by atoms with Crippen LogP contribution in [0.2, 0.25) is 5.02 Å². The second-order valence-electron chi connectivity index (χ2n) is 5.64.